The molecule has 1 amide bonds. The summed E-state index contributed by atoms with van der Waals surface area (Å²) >= 11 is 9.31. The van der Waals surface area contributed by atoms with E-state index in [-0.39, 0.29) is 17.9 Å². The number of nitro benzene ring substituents is 1. The van der Waals surface area contributed by atoms with Gasteiger partial charge in [-0.2, -0.15) is 5.26 Å². The molecule has 8 nitrogen and oxygen atoms in total. The lowest BCUT2D eigenvalue weighted by Gasteiger charge is -2.15. The number of hydrogen-bond acceptors (Lipinski definition) is 6. The molecule has 178 valence electrons. The van der Waals surface area contributed by atoms with Crippen LogP contribution in [0.25, 0.3) is 6.08 Å². The van der Waals surface area contributed by atoms with Gasteiger partial charge in [0, 0.05) is 22.8 Å². The monoisotopic (exact) mass is 555 g/mol. The molecule has 0 aliphatic carbocycles. The van der Waals surface area contributed by atoms with Crippen LogP contribution in [0.5, 0.6) is 11.5 Å². The first kappa shape index (κ1) is 25.7. The highest BCUT2D eigenvalue weighted by Gasteiger charge is 2.15. The molecular weight excluding hydrogens is 538 g/mol. The molecule has 0 atom stereocenters. The molecule has 0 aliphatic heterocycles. The van der Waals surface area contributed by atoms with E-state index in [0.29, 0.717) is 44.4 Å². The number of hydrogen-bond donors (Lipinski definition) is 1. The topological polar surface area (TPSA) is 114 Å². The first-order chi connectivity index (χ1) is 16.8. The molecule has 0 saturated carbocycles. The zero-order valence-electron chi connectivity index (χ0n) is 18.5. The van der Waals surface area contributed by atoms with Crippen molar-refractivity contribution < 1.29 is 19.2 Å². The quantitative estimate of drug-likeness (QED) is 0.139. The maximum Gasteiger partial charge on any atom is 0.269 e. The van der Waals surface area contributed by atoms with Crippen LogP contribution in [-0.2, 0) is 11.4 Å². The van der Waals surface area contributed by atoms with Gasteiger partial charge in [0.15, 0.2) is 11.5 Å². The van der Waals surface area contributed by atoms with E-state index in [1.807, 2.05) is 6.07 Å². The molecule has 0 saturated heterocycles. The number of benzene rings is 3. The lowest BCUT2D eigenvalue weighted by Crippen LogP contribution is -2.13. The summed E-state index contributed by atoms with van der Waals surface area (Å²) in [5.41, 5.74) is 1.51. The Morgan fingerprint density at radius 3 is 2.60 bits per heavy atom. The Balaban J connectivity index is 1.84. The number of carbonyl (C=O) groups is 1. The smallest absolute Gasteiger partial charge is 0.269 e. The van der Waals surface area contributed by atoms with Crippen molar-refractivity contribution in [3.63, 3.8) is 0 Å². The second-order valence-electron chi connectivity index (χ2n) is 7.11. The zero-order chi connectivity index (χ0) is 25.4. The average molecular weight is 557 g/mol. The van der Waals surface area contributed by atoms with Crippen molar-refractivity contribution in [1.29, 1.82) is 5.26 Å². The minimum atomic E-state index is -0.574. The van der Waals surface area contributed by atoms with Gasteiger partial charge in [-0.1, -0.05) is 23.7 Å². The normalized spacial score (nSPS) is 10.9. The van der Waals surface area contributed by atoms with Gasteiger partial charge in [0.25, 0.3) is 11.6 Å². The molecule has 0 radical (unpaired) electrons. The Morgan fingerprint density at radius 1 is 1.20 bits per heavy atom. The van der Waals surface area contributed by atoms with Crippen LogP contribution in [0.3, 0.4) is 0 Å². The van der Waals surface area contributed by atoms with E-state index < -0.39 is 10.8 Å². The minimum absolute atomic E-state index is 0.0309. The predicted molar refractivity (Wildman–Crippen MR) is 136 cm³/mol. The average Bonchev–Trinajstić information content (AvgIpc) is 2.83. The van der Waals surface area contributed by atoms with E-state index in [0.717, 1.165) is 0 Å². The number of nitro groups is 1. The number of nitriles is 1. The number of ether oxygens (including phenoxy) is 2. The van der Waals surface area contributed by atoms with Crippen LogP contribution < -0.4 is 14.8 Å². The van der Waals surface area contributed by atoms with Gasteiger partial charge in [-0.05, 0) is 76.5 Å². The summed E-state index contributed by atoms with van der Waals surface area (Å²) in [5, 5.41) is 23.7. The fourth-order valence-electron chi connectivity index (χ4n) is 3.04. The molecule has 0 aliphatic rings. The van der Waals surface area contributed by atoms with Crippen molar-refractivity contribution in [2.75, 3.05) is 11.9 Å². The molecule has 35 heavy (non-hydrogen) atoms. The highest BCUT2D eigenvalue weighted by atomic mass is 79.9. The van der Waals surface area contributed by atoms with Crippen molar-refractivity contribution in [3.8, 4) is 17.6 Å². The van der Waals surface area contributed by atoms with Gasteiger partial charge in [-0.15, -0.1) is 0 Å². The van der Waals surface area contributed by atoms with Gasteiger partial charge in [-0.25, -0.2) is 0 Å². The van der Waals surface area contributed by atoms with Crippen molar-refractivity contribution >= 4 is 50.9 Å². The van der Waals surface area contributed by atoms with Crippen LogP contribution in [0.15, 0.2) is 70.7 Å². The third kappa shape index (κ3) is 7.06. The fraction of sp³-hybridized carbons (Fsp3) is 0.120. The Labute approximate surface area is 215 Å². The summed E-state index contributed by atoms with van der Waals surface area (Å²) in [6, 6.07) is 17.9. The SMILES string of the molecule is CCOc1cc(/C=C(\C#N)C(=O)Nc2ccc(Cl)cc2)cc(Br)c1OCc1cccc([N+](=O)[O-])c1. The van der Waals surface area contributed by atoms with Gasteiger partial charge in [0.05, 0.1) is 16.0 Å². The fourth-order valence-corrected chi connectivity index (χ4v) is 3.74. The van der Waals surface area contributed by atoms with Crippen LogP contribution >= 0.6 is 27.5 Å². The lowest BCUT2D eigenvalue weighted by molar-refractivity contribution is -0.384. The second-order valence-corrected chi connectivity index (χ2v) is 8.40. The molecule has 0 spiro atoms. The summed E-state index contributed by atoms with van der Waals surface area (Å²) in [6.45, 7) is 2.22. The summed E-state index contributed by atoms with van der Waals surface area (Å²) in [6.07, 6.45) is 1.43. The van der Waals surface area contributed by atoms with E-state index in [1.54, 1.807) is 55.5 Å². The molecule has 0 bridgehead atoms. The molecule has 0 heterocycles. The molecule has 1 N–H and O–H groups in total. The number of nitrogens with one attached hydrogen (secondary N) is 1. The molecule has 0 aromatic heterocycles. The minimum Gasteiger partial charge on any atom is -0.490 e. The number of halogens is 2. The molecule has 0 unspecified atom stereocenters. The Hall–Kier alpha value is -3.87. The standard InChI is InChI=1S/C25H19BrClN3O5/c1-2-34-23-13-17(10-18(14-28)25(31)29-20-8-6-19(27)7-9-20)12-22(26)24(23)35-15-16-4-3-5-21(11-16)30(32)33/h3-13H,2,15H2,1H3,(H,29,31)/b18-10+. The molecule has 0 fully saturated rings. The zero-order valence-corrected chi connectivity index (χ0v) is 20.8. The van der Waals surface area contributed by atoms with E-state index in [2.05, 4.69) is 21.2 Å². The van der Waals surface area contributed by atoms with Crippen molar-refractivity contribution in [2.24, 2.45) is 0 Å². The number of rotatable bonds is 9. The maximum atomic E-state index is 12.6. The number of non-ortho nitro benzene ring substituents is 1. The van der Waals surface area contributed by atoms with E-state index >= 15 is 0 Å². The summed E-state index contributed by atoms with van der Waals surface area (Å²) in [7, 11) is 0. The Kier molecular flexibility index (Phi) is 8.84. The second kappa shape index (κ2) is 12.0. The first-order valence-corrected chi connectivity index (χ1v) is 11.5. The van der Waals surface area contributed by atoms with Crippen LogP contribution in [0, 0.1) is 21.4 Å². The summed E-state index contributed by atoms with van der Waals surface area (Å²) in [5.74, 6) is 0.198. The third-order valence-electron chi connectivity index (χ3n) is 4.61. The van der Waals surface area contributed by atoms with Crippen LogP contribution in [-0.4, -0.2) is 17.4 Å². The predicted octanol–water partition coefficient (Wildman–Crippen LogP) is 6.53. The lowest BCUT2D eigenvalue weighted by atomic mass is 10.1. The van der Waals surface area contributed by atoms with E-state index in [4.69, 9.17) is 21.1 Å². The van der Waals surface area contributed by atoms with E-state index in [1.165, 1.54) is 18.2 Å². The Morgan fingerprint density at radius 2 is 1.94 bits per heavy atom. The van der Waals surface area contributed by atoms with Crippen molar-refractivity contribution in [3.05, 3.63) is 97.0 Å². The molecule has 3 rings (SSSR count). The highest BCUT2D eigenvalue weighted by molar-refractivity contribution is 9.10. The van der Waals surface area contributed by atoms with Crippen molar-refractivity contribution in [1.82, 2.24) is 0 Å². The molecule has 3 aromatic rings. The molecular formula is C25H19BrClN3O5. The summed E-state index contributed by atoms with van der Waals surface area (Å²) < 4.78 is 12.1. The van der Waals surface area contributed by atoms with Crippen LogP contribution in [0.2, 0.25) is 5.02 Å². The summed E-state index contributed by atoms with van der Waals surface area (Å²) in [4.78, 5) is 23.1. The van der Waals surface area contributed by atoms with Crippen molar-refractivity contribution in [2.45, 2.75) is 13.5 Å². The number of carbonyl (C=O) groups excluding carboxylic acids is 1. The first-order valence-electron chi connectivity index (χ1n) is 10.3. The van der Waals surface area contributed by atoms with Crippen LogP contribution in [0.4, 0.5) is 11.4 Å². The number of anilines is 1. The molecule has 10 heteroatoms. The van der Waals surface area contributed by atoms with Gasteiger partial charge in [-0.3, -0.25) is 14.9 Å². The van der Waals surface area contributed by atoms with E-state index in [9.17, 15) is 20.2 Å². The number of nitrogens with zero attached hydrogens (tertiary/aromatic N) is 2. The van der Waals surface area contributed by atoms with Gasteiger partial charge in [0.1, 0.15) is 18.2 Å². The van der Waals surface area contributed by atoms with Gasteiger partial charge >= 0.3 is 0 Å². The largest absolute Gasteiger partial charge is 0.490 e. The third-order valence-corrected chi connectivity index (χ3v) is 5.46. The highest BCUT2D eigenvalue weighted by Crippen LogP contribution is 2.38. The number of amides is 1. The van der Waals surface area contributed by atoms with Crippen LogP contribution in [0.1, 0.15) is 18.1 Å². The van der Waals surface area contributed by atoms with Gasteiger partial charge < -0.3 is 14.8 Å². The molecule has 3 aromatic carbocycles. The maximum absolute atomic E-state index is 12.6. The Bertz CT molecular complexity index is 1320. The van der Waals surface area contributed by atoms with Gasteiger partial charge in [0.2, 0.25) is 0 Å².